The van der Waals surface area contributed by atoms with Gasteiger partial charge in [-0.2, -0.15) is 5.10 Å². The first-order valence-corrected chi connectivity index (χ1v) is 7.31. The summed E-state index contributed by atoms with van der Waals surface area (Å²) in [5.41, 5.74) is 1.54. The molecule has 0 radical (unpaired) electrons. The molecule has 0 amide bonds. The highest BCUT2D eigenvalue weighted by Gasteiger charge is 2.15. The van der Waals surface area contributed by atoms with Crippen molar-refractivity contribution < 1.29 is 13.2 Å². The van der Waals surface area contributed by atoms with Gasteiger partial charge >= 0.3 is 0 Å². The van der Waals surface area contributed by atoms with Crippen molar-refractivity contribution in [2.75, 3.05) is 0 Å². The number of aromatic nitrogens is 4. The monoisotopic (exact) mass is 338 g/mol. The molecule has 0 bridgehead atoms. The fraction of sp³-hybridized carbons (Fsp3) is 0.267. The minimum absolute atomic E-state index is 0.0524. The third kappa shape index (κ3) is 3.10. The van der Waals surface area contributed by atoms with Crippen molar-refractivity contribution in [2.24, 2.45) is 0 Å². The maximum atomic E-state index is 13.7. The van der Waals surface area contributed by atoms with Crippen LogP contribution in [0.2, 0.25) is 5.02 Å². The molecule has 0 aliphatic rings. The lowest BCUT2D eigenvalue weighted by atomic mass is 10.2. The maximum Gasteiger partial charge on any atom is 0.250 e. The van der Waals surface area contributed by atoms with Gasteiger partial charge in [0, 0.05) is 13.0 Å². The average molecular weight is 339 g/mol. The smallest absolute Gasteiger partial charge is 0.250 e. The van der Waals surface area contributed by atoms with E-state index >= 15 is 0 Å². The first-order chi connectivity index (χ1) is 11.0. The number of hydrogen-bond acceptors (Lipinski definition) is 4. The van der Waals surface area contributed by atoms with Crippen LogP contribution >= 0.6 is 11.6 Å². The van der Waals surface area contributed by atoms with Crippen molar-refractivity contribution in [3.63, 3.8) is 0 Å². The Morgan fingerprint density at radius 2 is 2.00 bits per heavy atom. The van der Waals surface area contributed by atoms with Crippen LogP contribution in [0, 0.1) is 25.5 Å². The normalized spacial score (nSPS) is 11.2. The SMILES string of the molecule is Cc1nn(CCc2nnc(-c3cc(F)ccc3F)o2)c(C)c1Cl. The van der Waals surface area contributed by atoms with Gasteiger partial charge in [-0.25, -0.2) is 8.78 Å². The third-order valence-corrected chi connectivity index (χ3v) is 4.00. The highest BCUT2D eigenvalue weighted by atomic mass is 35.5. The summed E-state index contributed by atoms with van der Waals surface area (Å²) < 4.78 is 34.0. The van der Waals surface area contributed by atoms with Crippen LogP contribution in [0.5, 0.6) is 0 Å². The van der Waals surface area contributed by atoms with Gasteiger partial charge in [0.15, 0.2) is 0 Å². The van der Waals surface area contributed by atoms with Crippen LogP contribution in [-0.4, -0.2) is 20.0 Å². The molecule has 0 aliphatic heterocycles. The van der Waals surface area contributed by atoms with E-state index in [9.17, 15) is 8.78 Å². The summed E-state index contributed by atoms with van der Waals surface area (Å²) in [6.45, 7) is 4.18. The zero-order valence-electron chi connectivity index (χ0n) is 12.5. The molecule has 0 saturated carbocycles. The fourth-order valence-electron chi connectivity index (χ4n) is 2.22. The van der Waals surface area contributed by atoms with Crippen molar-refractivity contribution in [3.8, 4) is 11.5 Å². The summed E-state index contributed by atoms with van der Waals surface area (Å²) in [5.74, 6) is -0.930. The summed E-state index contributed by atoms with van der Waals surface area (Å²) in [5, 5.41) is 12.5. The molecular formula is C15H13ClF2N4O. The van der Waals surface area contributed by atoms with E-state index in [2.05, 4.69) is 15.3 Å². The molecule has 0 unspecified atom stereocenters. The van der Waals surface area contributed by atoms with Crippen molar-refractivity contribution in [1.29, 1.82) is 0 Å². The molecule has 120 valence electrons. The van der Waals surface area contributed by atoms with Gasteiger partial charge in [0.2, 0.25) is 5.89 Å². The van der Waals surface area contributed by atoms with Crippen LogP contribution in [0.1, 0.15) is 17.3 Å². The molecule has 0 N–H and O–H groups in total. The van der Waals surface area contributed by atoms with Crippen LogP contribution in [0.3, 0.4) is 0 Å². The van der Waals surface area contributed by atoms with Crippen LogP contribution in [0.15, 0.2) is 22.6 Å². The van der Waals surface area contributed by atoms with E-state index in [1.165, 1.54) is 0 Å². The molecule has 5 nitrogen and oxygen atoms in total. The summed E-state index contributed by atoms with van der Waals surface area (Å²) >= 11 is 6.08. The third-order valence-electron chi connectivity index (χ3n) is 3.46. The molecule has 0 atom stereocenters. The molecular weight excluding hydrogens is 326 g/mol. The van der Waals surface area contributed by atoms with Crippen molar-refractivity contribution >= 4 is 11.6 Å². The molecule has 2 heterocycles. The maximum absolute atomic E-state index is 13.7. The number of halogens is 3. The average Bonchev–Trinajstić information content (AvgIpc) is 3.09. The predicted octanol–water partition coefficient (Wildman–Crippen LogP) is 3.72. The molecule has 2 aromatic heterocycles. The molecule has 0 spiro atoms. The number of aryl methyl sites for hydroxylation is 3. The zero-order chi connectivity index (χ0) is 16.6. The molecule has 23 heavy (non-hydrogen) atoms. The Balaban J connectivity index is 1.77. The Labute approximate surface area is 135 Å². The second-order valence-corrected chi connectivity index (χ2v) is 5.46. The highest BCUT2D eigenvalue weighted by molar-refractivity contribution is 6.31. The summed E-state index contributed by atoms with van der Waals surface area (Å²) in [6, 6.07) is 3.07. The summed E-state index contributed by atoms with van der Waals surface area (Å²) in [7, 11) is 0. The minimum atomic E-state index is -0.619. The Morgan fingerprint density at radius 1 is 1.22 bits per heavy atom. The fourth-order valence-corrected chi connectivity index (χ4v) is 2.35. The van der Waals surface area contributed by atoms with E-state index in [1.54, 1.807) is 4.68 Å². The first kappa shape index (κ1) is 15.6. The number of nitrogens with zero attached hydrogens (tertiary/aromatic N) is 4. The minimum Gasteiger partial charge on any atom is -0.421 e. The molecule has 3 rings (SSSR count). The second kappa shape index (κ2) is 6.08. The standard InChI is InChI=1S/C15H13ClF2N4O/c1-8-14(16)9(2)22(21-8)6-5-13-19-20-15(23-13)11-7-10(17)3-4-12(11)18/h3-4,7H,5-6H2,1-2H3. The Morgan fingerprint density at radius 3 is 2.70 bits per heavy atom. The largest absolute Gasteiger partial charge is 0.421 e. The molecule has 3 aromatic rings. The number of hydrogen-bond donors (Lipinski definition) is 0. The van der Waals surface area contributed by atoms with Crippen LogP contribution in [0.4, 0.5) is 8.78 Å². The number of benzene rings is 1. The van der Waals surface area contributed by atoms with Gasteiger partial charge in [-0.1, -0.05) is 11.6 Å². The molecule has 8 heteroatoms. The van der Waals surface area contributed by atoms with E-state index < -0.39 is 11.6 Å². The van der Waals surface area contributed by atoms with E-state index in [4.69, 9.17) is 16.0 Å². The zero-order valence-corrected chi connectivity index (χ0v) is 13.2. The van der Waals surface area contributed by atoms with Crippen LogP contribution < -0.4 is 0 Å². The predicted molar refractivity (Wildman–Crippen MR) is 80.1 cm³/mol. The van der Waals surface area contributed by atoms with E-state index in [0.29, 0.717) is 23.9 Å². The van der Waals surface area contributed by atoms with Gasteiger partial charge in [-0.05, 0) is 32.0 Å². The first-order valence-electron chi connectivity index (χ1n) is 6.93. The van der Waals surface area contributed by atoms with Crippen molar-refractivity contribution in [1.82, 2.24) is 20.0 Å². The van der Waals surface area contributed by atoms with Gasteiger partial charge in [-0.15, -0.1) is 10.2 Å². The summed E-state index contributed by atoms with van der Waals surface area (Å²) in [6.07, 6.45) is 0.405. The van der Waals surface area contributed by atoms with Gasteiger partial charge in [0.25, 0.3) is 5.89 Å². The van der Waals surface area contributed by atoms with Crippen molar-refractivity contribution in [3.05, 3.63) is 52.1 Å². The molecule has 0 saturated heterocycles. The lowest BCUT2D eigenvalue weighted by molar-refractivity contribution is 0.469. The lowest BCUT2D eigenvalue weighted by Gasteiger charge is -2.01. The Bertz CT molecular complexity index is 859. The van der Waals surface area contributed by atoms with Crippen LogP contribution in [0.25, 0.3) is 11.5 Å². The molecule has 0 aliphatic carbocycles. The van der Waals surface area contributed by atoms with Gasteiger partial charge < -0.3 is 4.42 Å². The topological polar surface area (TPSA) is 56.7 Å². The van der Waals surface area contributed by atoms with Gasteiger partial charge in [0.05, 0.1) is 22.0 Å². The highest BCUT2D eigenvalue weighted by Crippen LogP contribution is 2.23. The Kier molecular flexibility index (Phi) is 4.12. The Hall–Kier alpha value is -2.28. The lowest BCUT2D eigenvalue weighted by Crippen LogP contribution is -2.05. The molecule has 0 fully saturated rings. The number of rotatable bonds is 4. The van der Waals surface area contributed by atoms with Crippen molar-refractivity contribution in [2.45, 2.75) is 26.8 Å². The van der Waals surface area contributed by atoms with E-state index in [1.807, 2.05) is 13.8 Å². The van der Waals surface area contributed by atoms with E-state index in [-0.39, 0.29) is 11.5 Å². The van der Waals surface area contributed by atoms with Gasteiger partial charge in [0.1, 0.15) is 11.6 Å². The van der Waals surface area contributed by atoms with E-state index in [0.717, 1.165) is 29.6 Å². The van der Waals surface area contributed by atoms with Gasteiger partial charge in [-0.3, -0.25) is 4.68 Å². The summed E-state index contributed by atoms with van der Waals surface area (Å²) in [4.78, 5) is 0. The molecule has 1 aromatic carbocycles. The van der Waals surface area contributed by atoms with Crippen LogP contribution in [-0.2, 0) is 13.0 Å². The quantitative estimate of drug-likeness (QED) is 0.727. The second-order valence-electron chi connectivity index (χ2n) is 5.08.